The molecule has 4 heteroatoms. The van der Waals surface area contributed by atoms with Gasteiger partial charge in [0, 0.05) is 16.7 Å². The minimum Gasteiger partial charge on any atom is -0.382 e. The van der Waals surface area contributed by atoms with Crippen LogP contribution < -0.4 is 5.73 Å². The Bertz CT molecular complexity index is 442. The minimum absolute atomic E-state index is 0.530. The van der Waals surface area contributed by atoms with Gasteiger partial charge in [0.1, 0.15) is 5.82 Å². The van der Waals surface area contributed by atoms with Crippen LogP contribution >= 0.6 is 15.9 Å². The summed E-state index contributed by atoms with van der Waals surface area (Å²) >= 11 is 3.44. The molecule has 72 valence electrons. The summed E-state index contributed by atoms with van der Waals surface area (Å²) in [5, 5.41) is 4.14. The molecule has 0 unspecified atom stereocenters. The van der Waals surface area contributed by atoms with Gasteiger partial charge in [0.25, 0.3) is 0 Å². The molecule has 2 N–H and O–H groups in total. The van der Waals surface area contributed by atoms with Crippen molar-refractivity contribution in [3.63, 3.8) is 0 Å². The van der Waals surface area contributed by atoms with Crippen LogP contribution in [0.4, 0.5) is 5.82 Å². The Morgan fingerprint density at radius 2 is 2.14 bits per heavy atom. The first-order chi connectivity index (χ1) is 6.65. The molecule has 14 heavy (non-hydrogen) atoms. The maximum Gasteiger partial charge on any atom is 0.145 e. The molecule has 0 saturated heterocycles. The molecule has 0 fully saturated rings. The lowest BCUT2D eigenvalue weighted by Gasteiger charge is -2.03. The molecular formula is C10H10BrN3. The molecule has 0 amide bonds. The van der Waals surface area contributed by atoms with Crippen LogP contribution in [0.15, 0.2) is 34.9 Å². The Kier molecular flexibility index (Phi) is 2.29. The molecule has 0 saturated carbocycles. The summed E-state index contributed by atoms with van der Waals surface area (Å²) in [7, 11) is 0. The summed E-state index contributed by atoms with van der Waals surface area (Å²) in [5.41, 5.74) is 7.74. The fourth-order valence-corrected chi connectivity index (χ4v) is 1.93. The third-order valence-electron chi connectivity index (χ3n) is 1.90. The number of hydrogen-bond donors (Lipinski definition) is 1. The molecule has 2 aromatic rings. The van der Waals surface area contributed by atoms with Crippen LogP contribution in [0.3, 0.4) is 0 Å². The van der Waals surface area contributed by atoms with Gasteiger partial charge in [0.2, 0.25) is 0 Å². The molecule has 1 aromatic heterocycles. The van der Waals surface area contributed by atoms with E-state index >= 15 is 0 Å². The fraction of sp³-hybridized carbons (Fsp3) is 0.100. The first-order valence-electron chi connectivity index (χ1n) is 4.24. The quantitative estimate of drug-likeness (QED) is 0.847. The Hall–Kier alpha value is -1.29. The second kappa shape index (κ2) is 3.46. The highest BCUT2D eigenvalue weighted by molar-refractivity contribution is 9.10. The van der Waals surface area contributed by atoms with Crippen LogP contribution in [0.25, 0.3) is 5.69 Å². The van der Waals surface area contributed by atoms with Crippen LogP contribution in [0.5, 0.6) is 0 Å². The largest absolute Gasteiger partial charge is 0.382 e. The van der Waals surface area contributed by atoms with Gasteiger partial charge in [-0.15, -0.1) is 0 Å². The van der Waals surface area contributed by atoms with Gasteiger partial charge in [-0.1, -0.05) is 15.9 Å². The number of aromatic nitrogens is 2. The number of nitrogens with zero attached hydrogens (tertiary/aromatic N) is 2. The zero-order valence-electron chi connectivity index (χ0n) is 7.74. The van der Waals surface area contributed by atoms with E-state index in [1.54, 1.807) is 10.7 Å². The second-order valence-electron chi connectivity index (χ2n) is 3.17. The third kappa shape index (κ3) is 1.80. The number of hydrogen-bond acceptors (Lipinski definition) is 2. The zero-order valence-corrected chi connectivity index (χ0v) is 9.32. The first-order valence-corrected chi connectivity index (χ1v) is 5.03. The van der Waals surface area contributed by atoms with E-state index in [1.807, 2.05) is 19.2 Å². The fourth-order valence-electron chi connectivity index (χ4n) is 1.33. The van der Waals surface area contributed by atoms with Crippen molar-refractivity contribution >= 4 is 21.7 Å². The van der Waals surface area contributed by atoms with Crippen molar-refractivity contribution in [2.75, 3.05) is 5.73 Å². The number of nitrogens with two attached hydrogens (primary N) is 1. The summed E-state index contributed by atoms with van der Waals surface area (Å²) in [6.07, 6.45) is 1.84. The minimum atomic E-state index is 0.530. The smallest absolute Gasteiger partial charge is 0.145 e. The summed E-state index contributed by atoms with van der Waals surface area (Å²) < 4.78 is 2.80. The Balaban J connectivity index is 2.51. The Labute approximate surface area is 90.7 Å². The summed E-state index contributed by atoms with van der Waals surface area (Å²) in [5.74, 6) is 0.530. The number of halogens is 1. The number of benzene rings is 1. The molecule has 0 radical (unpaired) electrons. The van der Waals surface area contributed by atoms with Gasteiger partial charge in [-0.2, -0.15) is 5.10 Å². The first kappa shape index (κ1) is 9.27. The topological polar surface area (TPSA) is 43.8 Å². The van der Waals surface area contributed by atoms with Gasteiger partial charge in [0.05, 0.1) is 5.69 Å². The van der Waals surface area contributed by atoms with E-state index in [0.29, 0.717) is 5.82 Å². The van der Waals surface area contributed by atoms with Gasteiger partial charge >= 0.3 is 0 Å². The molecule has 0 aliphatic heterocycles. The standard InChI is InChI=1S/C10H10BrN3/c1-7-4-8(11)6-9(5-7)14-3-2-10(12)13-14/h2-6H,1H3,(H2,12,13). The molecule has 0 aliphatic rings. The highest BCUT2D eigenvalue weighted by Crippen LogP contribution is 2.18. The highest BCUT2D eigenvalue weighted by atomic mass is 79.9. The lowest BCUT2D eigenvalue weighted by atomic mass is 10.2. The third-order valence-corrected chi connectivity index (χ3v) is 2.36. The van der Waals surface area contributed by atoms with Crippen molar-refractivity contribution in [1.82, 2.24) is 9.78 Å². The second-order valence-corrected chi connectivity index (χ2v) is 4.09. The predicted molar refractivity (Wildman–Crippen MR) is 60.4 cm³/mol. The van der Waals surface area contributed by atoms with Gasteiger partial charge in [-0.3, -0.25) is 0 Å². The van der Waals surface area contributed by atoms with Crippen molar-refractivity contribution in [3.8, 4) is 5.69 Å². The highest BCUT2D eigenvalue weighted by Gasteiger charge is 2.00. The van der Waals surface area contributed by atoms with E-state index in [9.17, 15) is 0 Å². The zero-order chi connectivity index (χ0) is 10.1. The SMILES string of the molecule is Cc1cc(Br)cc(-n2ccc(N)n2)c1. The van der Waals surface area contributed by atoms with Gasteiger partial charge < -0.3 is 5.73 Å². The normalized spacial score (nSPS) is 10.4. The number of anilines is 1. The van der Waals surface area contributed by atoms with E-state index in [-0.39, 0.29) is 0 Å². The van der Waals surface area contributed by atoms with Crippen molar-refractivity contribution in [1.29, 1.82) is 0 Å². The number of aryl methyl sites for hydroxylation is 1. The van der Waals surface area contributed by atoms with E-state index in [0.717, 1.165) is 10.2 Å². The predicted octanol–water partition coefficient (Wildman–Crippen LogP) is 2.53. The molecule has 0 bridgehead atoms. The Morgan fingerprint density at radius 1 is 1.36 bits per heavy atom. The molecule has 2 rings (SSSR count). The number of nitrogen functional groups attached to an aromatic ring is 1. The lowest BCUT2D eigenvalue weighted by Crippen LogP contribution is -1.96. The van der Waals surface area contributed by atoms with Gasteiger partial charge in [-0.25, -0.2) is 4.68 Å². The maximum atomic E-state index is 5.55. The molecular weight excluding hydrogens is 242 g/mol. The molecule has 1 heterocycles. The van der Waals surface area contributed by atoms with Crippen molar-refractivity contribution in [3.05, 3.63) is 40.5 Å². The van der Waals surface area contributed by atoms with Gasteiger partial charge in [-0.05, 0) is 30.7 Å². The van der Waals surface area contributed by atoms with Crippen LogP contribution in [0, 0.1) is 6.92 Å². The number of rotatable bonds is 1. The van der Waals surface area contributed by atoms with Crippen molar-refractivity contribution < 1.29 is 0 Å². The average Bonchev–Trinajstić information content (AvgIpc) is 2.50. The lowest BCUT2D eigenvalue weighted by molar-refractivity contribution is 0.883. The van der Waals surface area contributed by atoms with E-state index in [4.69, 9.17) is 5.73 Å². The monoisotopic (exact) mass is 251 g/mol. The molecule has 0 spiro atoms. The summed E-state index contributed by atoms with van der Waals surface area (Å²) in [4.78, 5) is 0. The molecule has 3 nitrogen and oxygen atoms in total. The van der Waals surface area contributed by atoms with Gasteiger partial charge in [0.15, 0.2) is 0 Å². The molecule has 0 aliphatic carbocycles. The average molecular weight is 252 g/mol. The summed E-state index contributed by atoms with van der Waals surface area (Å²) in [6.45, 7) is 2.04. The van der Waals surface area contributed by atoms with E-state index in [1.165, 1.54) is 5.56 Å². The molecule has 1 aromatic carbocycles. The van der Waals surface area contributed by atoms with E-state index in [2.05, 4.69) is 33.2 Å². The van der Waals surface area contributed by atoms with Crippen molar-refractivity contribution in [2.45, 2.75) is 6.92 Å². The van der Waals surface area contributed by atoms with Crippen LogP contribution in [-0.2, 0) is 0 Å². The maximum absolute atomic E-state index is 5.55. The van der Waals surface area contributed by atoms with Crippen LogP contribution in [-0.4, -0.2) is 9.78 Å². The summed E-state index contributed by atoms with van der Waals surface area (Å²) in [6, 6.07) is 7.88. The van der Waals surface area contributed by atoms with E-state index < -0.39 is 0 Å². The van der Waals surface area contributed by atoms with Crippen molar-refractivity contribution in [2.24, 2.45) is 0 Å². The van der Waals surface area contributed by atoms with Crippen LogP contribution in [0.1, 0.15) is 5.56 Å². The Morgan fingerprint density at radius 3 is 2.71 bits per heavy atom. The molecule has 0 atom stereocenters. The van der Waals surface area contributed by atoms with Crippen LogP contribution in [0.2, 0.25) is 0 Å².